The third-order valence-corrected chi connectivity index (χ3v) is 3.70. The molecule has 0 radical (unpaired) electrons. The molecule has 0 fully saturated rings. The van der Waals surface area contributed by atoms with E-state index in [-0.39, 0.29) is 12.2 Å². The van der Waals surface area contributed by atoms with Crippen LogP contribution < -0.4 is 4.90 Å². The van der Waals surface area contributed by atoms with Crippen LogP contribution in [0.15, 0.2) is 55.2 Å². The molecule has 25 heavy (non-hydrogen) atoms. The Hall–Kier alpha value is -3.16. The van der Waals surface area contributed by atoms with E-state index < -0.39 is 23.6 Å². The standard InChI is InChI=1S/C17H15F2N5O/c1-12(24-11-20-10-22-24)17(25)23(9-14-4-2-3-7-21-14)16-6-5-13(18)8-15(16)19/h2-8,10-12H,9H2,1H3/t12-/m1/s1. The second kappa shape index (κ2) is 7.16. The van der Waals surface area contributed by atoms with Gasteiger partial charge >= 0.3 is 0 Å². The number of rotatable bonds is 5. The van der Waals surface area contributed by atoms with Gasteiger partial charge in [-0.1, -0.05) is 6.07 Å². The van der Waals surface area contributed by atoms with Gasteiger partial charge in [0.25, 0.3) is 5.91 Å². The van der Waals surface area contributed by atoms with Crippen LogP contribution in [0.5, 0.6) is 0 Å². The molecular weight excluding hydrogens is 328 g/mol. The fraction of sp³-hybridized carbons (Fsp3) is 0.176. The van der Waals surface area contributed by atoms with Crippen LogP contribution in [-0.4, -0.2) is 25.7 Å². The minimum atomic E-state index is -0.824. The molecule has 0 aliphatic rings. The van der Waals surface area contributed by atoms with Crippen molar-refractivity contribution >= 4 is 11.6 Å². The molecule has 1 atom stereocenters. The number of anilines is 1. The Morgan fingerprint density at radius 2 is 2.12 bits per heavy atom. The van der Waals surface area contributed by atoms with Crippen molar-refractivity contribution in [2.45, 2.75) is 19.5 Å². The Morgan fingerprint density at radius 1 is 1.28 bits per heavy atom. The number of hydrogen-bond donors (Lipinski definition) is 0. The van der Waals surface area contributed by atoms with Crippen LogP contribution in [-0.2, 0) is 11.3 Å². The first kappa shape index (κ1) is 16.7. The fourth-order valence-corrected chi connectivity index (χ4v) is 2.39. The summed E-state index contributed by atoms with van der Waals surface area (Å²) in [5.74, 6) is -1.95. The lowest BCUT2D eigenvalue weighted by Crippen LogP contribution is -2.37. The minimum absolute atomic E-state index is 0.0241. The molecule has 0 aliphatic carbocycles. The van der Waals surface area contributed by atoms with Crippen molar-refractivity contribution in [2.24, 2.45) is 0 Å². The van der Waals surface area contributed by atoms with Crippen LogP contribution in [0.3, 0.4) is 0 Å². The molecule has 0 saturated carbocycles. The lowest BCUT2D eigenvalue weighted by atomic mass is 10.2. The van der Waals surface area contributed by atoms with Gasteiger partial charge in [-0.2, -0.15) is 5.10 Å². The number of nitrogens with zero attached hydrogens (tertiary/aromatic N) is 5. The molecule has 6 nitrogen and oxygen atoms in total. The van der Waals surface area contributed by atoms with Crippen molar-refractivity contribution in [1.82, 2.24) is 19.7 Å². The summed E-state index contributed by atoms with van der Waals surface area (Å²) in [7, 11) is 0. The molecule has 0 N–H and O–H groups in total. The Kier molecular flexibility index (Phi) is 4.78. The van der Waals surface area contributed by atoms with E-state index in [0.717, 1.165) is 12.1 Å². The third kappa shape index (κ3) is 3.68. The molecule has 3 rings (SSSR count). The average Bonchev–Trinajstić information content (AvgIpc) is 3.14. The average molecular weight is 343 g/mol. The summed E-state index contributed by atoms with van der Waals surface area (Å²) in [6.07, 6.45) is 4.30. The van der Waals surface area contributed by atoms with Crippen LogP contribution in [0.2, 0.25) is 0 Å². The predicted molar refractivity (Wildman–Crippen MR) is 86.5 cm³/mol. The monoisotopic (exact) mass is 343 g/mol. The number of amides is 1. The van der Waals surface area contributed by atoms with E-state index in [2.05, 4.69) is 15.1 Å². The van der Waals surface area contributed by atoms with Crippen LogP contribution in [0.25, 0.3) is 0 Å². The minimum Gasteiger partial charge on any atom is -0.302 e. The van der Waals surface area contributed by atoms with Gasteiger partial charge in [0.05, 0.1) is 17.9 Å². The van der Waals surface area contributed by atoms with Crippen molar-refractivity contribution < 1.29 is 13.6 Å². The fourth-order valence-electron chi connectivity index (χ4n) is 2.39. The number of halogens is 2. The number of pyridine rings is 1. The van der Waals surface area contributed by atoms with Crippen molar-refractivity contribution in [2.75, 3.05) is 4.90 Å². The maximum atomic E-state index is 14.3. The lowest BCUT2D eigenvalue weighted by Gasteiger charge is -2.26. The highest BCUT2D eigenvalue weighted by atomic mass is 19.1. The van der Waals surface area contributed by atoms with Crippen molar-refractivity contribution in [3.8, 4) is 0 Å². The zero-order valence-corrected chi connectivity index (χ0v) is 13.4. The van der Waals surface area contributed by atoms with E-state index >= 15 is 0 Å². The van der Waals surface area contributed by atoms with Gasteiger partial charge in [-0.3, -0.25) is 9.78 Å². The van der Waals surface area contributed by atoms with E-state index in [1.165, 1.54) is 28.3 Å². The van der Waals surface area contributed by atoms with Gasteiger partial charge in [0.1, 0.15) is 30.3 Å². The quantitative estimate of drug-likeness (QED) is 0.715. The molecule has 128 valence electrons. The number of hydrogen-bond acceptors (Lipinski definition) is 4. The predicted octanol–water partition coefficient (Wildman–Crippen LogP) is 2.75. The number of carbonyl (C=O) groups excluding carboxylic acids is 1. The zero-order chi connectivity index (χ0) is 17.8. The molecule has 2 aromatic heterocycles. The summed E-state index contributed by atoms with van der Waals surface area (Å²) in [5, 5.41) is 3.95. The van der Waals surface area contributed by atoms with Crippen LogP contribution in [0, 0.1) is 11.6 Å². The first-order valence-electron chi connectivity index (χ1n) is 7.56. The lowest BCUT2D eigenvalue weighted by molar-refractivity contribution is -0.121. The summed E-state index contributed by atoms with van der Waals surface area (Å²) < 4.78 is 28.9. The van der Waals surface area contributed by atoms with Crippen molar-refractivity contribution in [3.05, 3.63) is 72.6 Å². The van der Waals surface area contributed by atoms with E-state index in [4.69, 9.17) is 0 Å². The van der Waals surface area contributed by atoms with E-state index in [9.17, 15) is 13.6 Å². The van der Waals surface area contributed by atoms with E-state index in [0.29, 0.717) is 5.69 Å². The third-order valence-electron chi connectivity index (χ3n) is 3.70. The molecule has 3 aromatic rings. The smallest absolute Gasteiger partial charge is 0.252 e. The van der Waals surface area contributed by atoms with Gasteiger partial charge in [0.2, 0.25) is 0 Å². The second-order valence-corrected chi connectivity index (χ2v) is 5.39. The summed E-state index contributed by atoms with van der Waals surface area (Å²) in [6, 6.07) is 7.61. The molecule has 1 amide bonds. The molecular formula is C17H15F2N5O. The van der Waals surface area contributed by atoms with Gasteiger partial charge in [-0.25, -0.2) is 18.4 Å². The Labute approximate surface area is 142 Å². The van der Waals surface area contributed by atoms with Crippen LogP contribution in [0.4, 0.5) is 14.5 Å². The van der Waals surface area contributed by atoms with Crippen molar-refractivity contribution in [1.29, 1.82) is 0 Å². The van der Waals surface area contributed by atoms with Crippen LogP contribution >= 0.6 is 0 Å². The molecule has 2 heterocycles. The van der Waals surface area contributed by atoms with Gasteiger partial charge < -0.3 is 4.90 Å². The highest BCUT2D eigenvalue weighted by molar-refractivity contribution is 5.95. The zero-order valence-electron chi connectivity index (χ0n) is 13.4. The number of carbonyl (C=O) groups is 1. The molecule has 0 bridgehead atoms. The number of aromatic nitrogens is 4. The van der Waals surface area contributed by atoms with E-state index in [1.54, 1.807) is 31.3 Å². The largest absolute Gasteiger partial charge is 0.302 e. The molecule has 8 heteroatoms. The molecule has 0 unspecified atom stereocenters. The first-order valence-corrected chi connectivity index (χ1v) is 7.56. The normalized spacial score (nSPS) is 12.0. The van der Waals surface area contributed by atoms with Gasteiger partial charge in [0.15, 0.2) is 0 Å². The topological polar surface area (TPSA) is 63.9 Å². The molecule has 0 spiro atoms. The van der Waals surface area contributed by atoms with Crippen molar-refractivity contribution in [3.63, 3.8) is 0 Å². The van der Waals surface area contributed by atoms with Gasteiger partial charge in [-0.05, 0) is 31.2 Å². The van der Waals surface area contributed by atoms with Gasteiger partial charge in [-0.15, -0.1) is 0 Å². The maximum Gasteiger partial charge on any atom is 0.252 e. The molecule has 0 saturated heterocycles. The molecule has 1 aromatic carbocycles. The van der Waals surface area contributed by atoms with Gasteiger partial charge in [0, 0.05) is 12.3 Å². The Morgan fingerprint density at radius 3 is 2.76 bits per heavy atom. The summed E-state index contributed by atoms with van der Waals surface area (Å²) in [6.45, 7) is 1.67. The highest BCUT2D eigenvalue weighted by Gasteiger charge is 2.26. The highest BCUT2D eigenvalue weighted by Crippen LogP contribution is 2.24. The SMILES string of the molecule is C[C@H](C(=O)N(Cc1ccccn1)c1ccc(F)cc1F)n1cncn1. The second-order valence-electron chi connectivity index (χ2n) is 5.39. The Bertz CT molecular complexity index is 855. The summed E-state index contributed by atoms with van der Waals surface area (Å²) in [5.41, 5.74) is 0.550. The molecule has 0 aliphatic heterocycles. The maximum absolute atomic E-state index is 14.3. The van der Waals surface area contributed by atoms with Crippen LogP contribution in [0.1, 0.15) is 18.7 Å². The first-order chi connectivity index (χ1) is 12.1. The summed E-state index contributed by atoms with van der Waals surface area (Å²) in [4.78, 5) is 22.1. The summed E-state index contributed by atoms with van der Waals surface area (Å²) >= 11 is 0. The number of benzene rings is 1. The van der Waals surface area contributed by atoms with E-state index in [1.807, 2.05) is 0 Å². The Balaban J connectivity index is 1.97.